The molecule has 3 amide bonds. The first kappa shape index (κ1) is 17.0. The van der Waals surface area contributed by atoms with Gasteiger partial charge < -0.3 is 19.7 Å². The average Bonchev–Trinajstić information content (AvgIpc) is 3.28. The highest BCUT2D eigenvalue weighted by Gasteiger charge is 2.37. The van der Waals surface area contributed by atoms with Gasteiger partial charge in [0.15, 0.2) is 0 Å². The zero-order chi connectivity index (χ0) is 17.6. The van der Waals surface area contributed by atoms with Gasteiger partial charge in [0.2, 0.25) is 5.91 Å². The van der Waals surface area contributed by atoms with Gasteiger partial charge in [-0.3, -0.25) is 4.79 Å². The molecule has 1 N–H and O–H groups in total. The number of urea groups is 1. The first-order valence-electron chi connectivity index (χ1n) is 8.49. The minimum absolute atomic E-state index is 0.0257. The van der Waals surface area contributed by atoms with Crippen LogP contribution in [0.5, 0.6) is 0 Å². The van der Waals surface area contributed by atoms with Crippen LogP contribution < -0.4 is 10.2 Å². The molecule has 0 saturated carbocycles. The van der Waals surface area contributed by atoms with E-state index in [0.717, 1.165) is 18.7 Å². The largest absolute Gasteiger partial charge is 0.338 e. The minimum Gasteiger partial charge on any atom is -0.338 e. The van der Waals surface area contributed by atoms with Crippen LogP contribution >= 0.6 is 0 Å². The first-order chi connectivity index (χ1) is 12.2. The van der Waals surface area contributed by atoms with Gasteiger partial charge in [-0.15, -0.1) is 0 Å². The number of carbonyl (C=O) groups excluding carboxylic acids is 2. The number of likely N-dealkylation sites (N-methyl/N-ethyl adjacent to an activating group) is 1. The number of hydrogen-bond donors (Lipinski definition) is 1. The van der Waals surface area contributed by atoms with Crippen molar-refractivity contribution < 1.29 is 9.59 Å². The van der Waals surface area contributed by atoms with Gasteiger partial charge in [0.1, 0.15) is 6.04 Å². The van der Waals surface area contributed by atoms with Crippen molar-refractivity contribution in [1.29, 1.82) is 0 Å². The fourth-order valence-electron chi connectivity index (χ4n) is 3.03. The van der Waals surface area contributed by atoms with E-state index in [1.165, 1.54) is 4.90 Å². The summed E-state index contributed by atoms with van der Waals surface area (Å²) in [5, 5.41) is 2.88. The monoisotopic (exact) mass is 341 g/mol. The third-order valence-corrected chi connectivity index (χ3v) is 4.46. The second kappa shape index (κ2) is 7.83. The van der Waals surface area contributed by atoms with Crippen LogP contribution in [-0.2, 0) is 11.3 Å². The standard InChI is InChI=1S/C18H23N5O2/c1-21(18(25)20-9-5-11-22-13-10-19-14-22)16-8-12-23(17(16)24)15-6-3-2-4-7-15/h2-4,6-7,10,13-14,16H,5,8-9,11-12H2,1H3,(H,20,25)/t16-/m0/s1. The molecule has 0 bridgehead atoms. The van der Waals surface area contributed by atoms with Crippen LogP contribution in [-0.4, -0.2) is 52.6 Å². The van der Waals surface area contributed by atoms with Gasteiger partial charge in [-0.1, -0.05) is 18.2 Å². The zero-order valence-electron chi connectivity index (χ0n) is 14.3. The summed E-state index contributed by atoms with van der Waals surface area (Å²) in [6.45, 7) is 1.99. The van der Waals surface area contributed by atoms with E-state index in [1.54, 1.807) is 24.5 Å². The van der Waals surface area contributed by atoms with Crippen LogP contribution in [0, 0.1) is 0 Å². The molecule has 1 aliphatic rings. The van der Waals surface area contributed by atoms with Crippen molar-refractivity contribution in [2.45, 2.75) is 25.4 Å². The van der Waals surface area contributed by atoms with Gasteiger partial charge in [-0.25, -0.2) is 9.78 Å². The molecule has 0 spiro atoms. The lowest BCUT2D eigenvalue weighted by atomic mass is 10.2. The lowest BCUT2D eigenvalue weighted by Crippen LogP contribution is -2.47. The number of carbonyl (C=O) groups is 2. The smallest absolute Gasteiger partial charge is 0.317 e. The van der Waals surface area contributed by atoms with E-state index in [2.05, 4.69) is 10.3 Å². The molecule has 132 valence electrons. The lowest BCUT2D eigenvalue weighted by Gasteiger charge is -2.24. The predicted molar refractivity (Wildman–Crippen MR) is 95.2 cm³/mol. The summed E-state index contributed by atoms with van der Waals surface area (Å²) < 4.78 is 1.97. The van der Waals surface area contributed by atoms with E-state index < -0.39 is 6.04 Å². The number of imidazole rings is 1. The van der Waals surface area contributed by atoms with Crippen molar-refractivity contribution in [2.24, 2.45) is 0 Å². The van der Waals surface area contributed by atoms with Crippen LogP contribution in [0.3, 0.4) is 0 Å². The van der Waals surface area contributed by atoms with Gasteiger partial charge in [0.25, 0.3) is 0 Å². The fraction of sp³-hybridized carbons (Fsp3) is 0.389. The number of aromatic nitrogens is 2. The third kappa shape index (κ3) is 3.99. The molecule has 2 aromatic rings. The molecule has 0 radical (unpaired) electrons. The Kier molecular flexibility index (Phi) is 5.33. The van der Waals surface area contributed by atoms with Crippen LogP contribution in [0.4, 0.5) is 10.5 Å². The molecule has 0 aliphatic carbocycles. The van der Waals surface area contributed by atoms with E-state index in [0.29, 0.717) is 19.5 Å². The number of nitrogens with one attached hydrogen (secondary N) is 1. The highest BCUT2D eigenvalue weighted by Crippen LogP contribution is 2.23. The quantitative estimate of drug-likeness (QED) is 0.813. The van der Waals surface area contributed by atoms with E-state index >= 15 is 0 Å². The van der Waals surface area contributed by atoms with Crippen LogP contribution in [0.2, 0.25) is 0 Å². The summed E-state index contributed by atoms with van der Waals surface area (Å²) >= 11 is 0. The molecule has 1 aliphatic heterocycles. The van der Waals surface area contributed by atoms with E-state index in [9.17, 15) is 9.59 Å². The molecule has 1 fully saturated rings. The third-order valence-electron chi connectivity index (χ3n) is 4.46. The molecule has 0 unspecified atom stereocenters. The van der Waals surface area contributed by atoms with Gasteiger partial charge in [0, 0.05) is 44.8 Å². The summed E-state index contributed by atoms with van der Waals surface area (Å²) in [4.78, 5) is 32.2. The first-order valence-corrected chi connectivity index (χ1v) is 8.49. The van der Waals surface area contributed by atoms with Crippen molar-refractivity contribution in [3.05, 3.63) is 49.1 Å². The molecule has 7 nitrogen and oxygen atoms in total. The second-order valence-electron chi connectivity index (χ2n) is 6.13. The zero-order valence-corrected chi connectivity index (χ0v) is 14.3. The van der Waals surface area contributed by atoms with Crippen molar-refractivity contribution in [3.8, 4) is 0 Å². The Morgan fingerprint density at radius 1 is 1.36 bits per heavy atom. The van der Waals surface area contributed by atoms with Crippen LogP contribution in [0.15, 0.2) is 49.1 Å². The number of benzene rings is 1. The van der Waals surface area contributed by atoms with Crippen LogP contribution in [0.25, 0.3) is 0 Å². The Hall–Kier alpha value is -2.83. The maximum atomic E-state index is 12.6. The molecule has 25 heavy (non-hydrogen) atoms. The topological polar surface area (TPSA) is 70.5 Å². The summed E-state index contributed by atoms with van der Waals surface area (Å²) in [6.07, 6.45) is 6.83. The molecule has 1 aromatic carbocycles. The molecule has 7 heteroatoms. The van der Waals surface area contributed by atoms with Crippen molar-refractivity contribution >= 4 is 17.6 Å². The Morgan fingerprint density at radius 2 is 2.16 bits per heavy atom. The summed E-state index contributed by atoms with van der Waals surface area (Å²) in [5.74, 6) is -0.0257. The van der Waals surface area contributed by atoms with E-state index in [1.807, 2.05) is 41.1 Å². The highest BCUT2D eigenvalue weighted by molar-refractivity contribution is 6.01. The van der Waals surface area contributed by atoms with Gasteiger partial charge in [-0.2, -0.15) is 0 Å². The SMILES string of the molecule is CN(C(=O)NCCCn1ccnc1)[C@H]1CCN(c2ccccc2)C1=O. The average molecular weight is 341 g/mol. The predicted octanol–water partition coefficient (Wildman–Crippen LogP) is 1.72. The number of nitrogens with zero attached hydrogens (tertiary/aromatic N) is 4. The Balaban J connectivity index is 1.48. The number of rotatable bonds is 6. The van der Waals surface area contributed by atoms with Gasteiger partial charge >= 0.3 is 6.03 Å². The molecular weight excluding hydrogens is 318 g/mol. The van der Waals surface area contributed by atoms with Gasteiger partial charge in [0.05, 0.1) is 6.33 Å². The fourth-order valence-corrected chi connectivity index (χ4v) is 3.03. The Labute approximate surface area is 147 Å². The van der Waals surface area contributed by atoms with E-state index in [-0.39, 0.29) is 11.9 Å². The molecule has 1 atom stereocenters. The molecule has 1 saturated heterocycles. The number of para-hydroxylation sites is 1. The molecule has 2 heterocycles. The second-order valence-corrected chi connectivity index (χ2v) is 6.13. The Morgan fingerprint density at radius 3 is 2.88 bits per heavy atom. The van der Waals surface area contributed by atoms with E-state index in [4.69, 9.17) is 0 Å². The van der Waals surface area contributed by atoms with Gasteiger partial charge in [-0.05, 0) is 25.0 Å². The van der Waals surface area contributed by atoms with Crippen molar-refractivity contribution in [3.63, 3.8) is 0 Å². The normalized spacial score (nSPS) is 16.9. The summed E-state index contributed by atoms with van der Waals surface area (Å²) in [6, 6.07) is 8.95. The molecule has 3 rings (SSSR count). The van der Waals surface area contributed by atoms with Crippen molar-refractivity contribution in [1.82, 2.24) is 19.8 Å². The number of aryl methyl sites for hydroxylation is 1. The lowest BCUT2D eigenvalue weighted by molar-refractivity contribution is -0.120. The number of anilines is 1. The maximum Gasteiger partial charge on any atom is 0.317 e. The maximum absolute atomic E-state index is 12.6. The minimum atomic E-state index is -0.408. The van der Waals surface area contributed by atoms with Crippen molar-refractivity contribution in [2.75, 3.05) is 25.0 Å². The summed E-state index contributed by atoms with van der Waals surface area (Å²) in [5.41, 5.74) is 0.879. The Bertz CT molecular complexity index is 702. The highest BCUT2D eigenvalue weighted by atomic mass is 16.2. The number of hydrogen-bond acceptors (Lipinski definition) is 3. The molecule has 1 aromatic heterocycles. The van der Waals surface area contributed by atoms with Crippen LogP contribution in [0.1, 0.15) is 12.8 Å². The summed E-state index contributed by atoms with van der Waals surface area (Å²) in [7, 11) is 1.68. The number of amides is 3. The molecular formula is C18H23N5O2.